The summed E-state index contributed by atoms with van der Waals surface area (Å²) < 4.78 is 4.25. The molecular formula is C14H11Cl3IN3O2S. The second kappa shape index (κ2) is 8.57. The minimum atomic E-state index is -1.83. The number of rotatable bonds is 4. The molecule has 1 amide bonds. The van der Waals surface area contributed by atoms with Gasteiger partial charge in [-0.1, -0.05) is 34.8 Å². The zero-order valence-corrected chi connectivity index (χ0v) is 17.1. The Hall–Kier alpha value is -0.740. The summed E-state index contributed by atoms with van der Waals surface area (Å²) in [6.07, 6.45) is 0.305. The van der Waals surface area contributed by atoms with Crippen molar-refractivity contribution in [1.82, 2.24) is 10.6 Å². The number of alkyl halides is 3. The van der Waals surface area contributed by atoms with E-state index < -0.39 is 15.9 Å². The van der Waals surface area contributed by atoms with Crippen LogP contribution in [-0.4, -0.2) is 21.0 Å². The van der Waals surface area contributed by atoms with Crippen molar-refractivity contribution in [1.29, 1.82) is 0 Å². The fourth-order valence-corrected chi connectivity index (χ4v) is 2.56. The van der Waals surface area contributed by atoms with Gasteiger partial charge in [0.15, 0.2) is 10.9 Å². The molecule has 1 unspecified atom stereocenters. The molecule has 0 fully saturated rings. The molecule has 0 bridgehead atoms. The Morgan fingerprint density at radius 2 is 1.83 bits per heavy atom. The lowest BCUT2D eigenvalue weighted by Crippen LogP contribution is -2.56. The number of hydrogen-bond donors (Lipinski definition) is 3. The molecule has 0 aliphatic rings. The molecule has 1 aromatic carbocycles. The first-order valence-corrected chi connectivity index (χ1v) is 9.12. The maximum atomic E-state index is 12.1. The highest BCUT2D eigenvalue weighted by atomic mass is 127. The highest BCUT2D eigenvalue weighted by Gasteiger charge is 2.35. The molecule has 128 valence electrons. The maximum Gasteiger partial charge on any atom is 0.288 e. The highest BCUT2D eigenvalue weighted by molar-refractivity contribution is 14.1. The molecule has 1 atom stereocenters. The average molecular weight is 519 g/mol. The molecule has 2 aromatic rings. The van der Waals surface area contributed by atoms with E-state index >= 15 is 0 Å². The SMILES string of the molecule is O=C(NC(NC(=S)Nc1ccc(I)cc1)C(Cl)(Cl)Cl)c1ccco1. The summed E-state index contributed by atoms with van der Waals surface area (Å²) in [6, 6.07) is 10.6. The first-order chi connectivity index (χ1) is 11.3. The number of nitrogens with one attached hydrogen (secondary N) is 3. The third-order valence-electron chi connectivity index (χ3n) is 2.73. The van der Waals surface area contributed by atoms with Gasteiger partial charge in [-0.05, 0) is 71.2 Å². The molecule has 0 saturated carbocycles. The normalized spacial score (nSPS) is 12.3. The van der Waals surface area contributed by atoms with Crippen molar-refractivity contribution in [3.05, 3.63) is 52.0 Å². The number of hydrogen-bond acceptors (Lipinski definition) is 3. The minimum Gasteiger partial charge on any atom is -0.459 e. The van der Waals surface area contributed by atoms with Crippen molar-refractivity contribution in [2.75, 3.05) is 5.32 Å². The number of halogens is 4. The van der Waals surface area contributed by atoms with Gasteiger partial charge in [0.2, 0.25) is 3.79 Å². The summed E-state index contributed by atoms with van der Waals surface area (Å²) in [5.41, 5.74) is 0.758. The van der Waals surface area contributed by atoms with Crippen LogP contribution in [0.4, 0.5) is 5.69 Å². The molecule has 0 spiro atoms. The van der Waals surface area contributed by atoms with Crippen LogP contribution in [0, 0.1) is 3.57 Å². The number of amides is 1. The van der Waals surface area contributed by atoms with Gasteiger partial charge in [0.1, 0.15) is 6.17 Å². The Labute approximate surface area is 172 Å². The number of carbonyl (C=O) groups excluding carboxylic acids is 1. The van der Waals surface area contributed by atoms with Gasteiger partial charge in [-0.25, -0.2) is 0 Å². The van der Waals surface area contributed by atoms with E-state index in [9.17, 15) is 4.79 Å². The van der Waals surface area contributed by atoms with Crippen molar-refractivity contribution in [2.45, 2.75) is 9.96 Å². The van der Waals surface area contributed by atoms with Crippen molar-refractivity contribution >= 4 is 86.3 Å². The van der Waals surface area contributed by atoms with Crippen LogP contribution < -0.4 is 16.0 Å². The smallest absolute Gasteiger partial charge is 0.288 e. The molecule has 3 N–H and O–H groups in total. The fraction of sp³-hybridized carbons (Fsp3) is 0.143. The summed E-state index contributed by atoms with van der Waals surface area (Å²) in [4.78, 5) is 12.1. The average Bonchev–Trinajstić information content (AvgIpc) is 3.02. The van der Waals surface area contributed by atoms with Crippen LogP contribution in [-0.2, 0) is 0 Å². The number of carbonyl (C=O) groups is 1. The minimum absolute atomic E-state index is 0.0903. The second-order valence-electron chi connectivity index (χ2n) is 4.53. The Kier molecular flexibility index (Phi) is 6.99. The van der Waals surface area contributed by atoms with Gasteiger partial charge in [-0.15, -0.1) is 0 Å². The maximum absolute atomic E-state index is 12.1. The predicted molar refractivity (Wildman–Crippen MR) is 109 cm³/mol. The van der Waals surface area contributed by atoms with Crippen molar-refractivity contribution < 1.29 is 9.21 Å². The monoisotopic (exact) mass is 517 g/mol. The summed E-state index contributed by atoms with van der Waals surface area (Å²) in [6.45, 7) is 0. The molecule has 0 radical (unpaired) electrons. The molecule has 1 heterocycles. The Balaban J connectivity index is 2.01. The molecule has 5 nitrogen and oxygen atoms in total. The van der Waals surface area contributed by atoms with Crippen LogP contribution in [0.2, 0.25) is 0 Å². The van der Waals surface area contributed by atoms with Gasteiger partial charge in [0.05, 0.1) is 6.26 Å². The van der Waals surface area contributed by atoms with Crippen LogP contribution in [0.3, 0.4) is 0 Å². The number of anilines is 1. The first kappa shape index (κ1) is 19.6. The molecule has 1 aromatic heterocycles. The van der Waals surface area contributed by atoms with Gasteiger partial charge in [0, 0.05) is 9.26 Å². The van der Waals surface area contributed by atoms with Crippen LogP contribution in [0.15, 0.2) is 47.1 Å². The molecule has 10 heteroatoms. The van der Waals surface area contributed by atoms with Crippen molar-refractivity contribution in [3.8, 4) is 0 Å². The number of furan rings is 1. The van der Waals surface area contributed by atoms with Crippen LogP contribution >= 0.6 is 69.6 Å². The van der Waals surface area contributed by atoms with Crippen LogP contribution in [0.1, 0.15) is 10.6 Å². The van der Waals surface area contributed by atoms with E-state index in [1.54, 1.807) is 6.07 Å². The van der Waals surface area contributed by atoms with Crippen LogP contribution in [0.5, 0.6) is 0 Å². The zero-order chi connectivity index (χ0) is 17.7. The van der Waals surface area contributed by atoms with Crippen molar-refractivity contribution in [3.63, 3.8) is 0 Å². The molecule has 0 aliphatic carbocycles. The van der Waals surface area contributed by atoms with E-state index in [4.69, 9.17) is 51.4 Å². The van der Waals surface area contributed by atoms with Crippen molar-refractivity contribution in [2.24, 2.45) is 0 Å². The third kappa shape index (κ3) is 5.96. The standard InChI is InChI=1S/C14H11Cl3IN3O2S/c15-14(16,17)12(20-11(22)10-2-1-7-23-10)21-13(24)19-9-5-3-8(18)4-6-9/h1-7,12H,(H,20,22)(H2,19,21,24). The van der Waals surface area contributed by atoms with E-state index in [1.165, 1.54) is 12.3 Å². The molecule has 0 aliphatic heterocycles. The molecule has 2 rings (SSSR count). The van der Waals surface area contributed by atoms with E-state index in [2.05, 4.69) is 38.5 Å². The summed E-state index contributed by atoms with van der Waals surface area (Å²) in [7, 11) is 0. The van der Waals surface area contributed by atoms with Gasteiger partial charge in [-0.2, -0.15) is 0 Å². The number of benzene rings is 1. The lowest BCUT2D eigenvalue weighted by Gasteiger charge is -2.27. The predicted octanol–water partition coefficient (Wildman–Crippen LogP) is 4.30. The van der Waals surface area contributed by atoms with E-state index in [1.807, 2.05) is 24.3 Å². The zero-order valence-electron chi connectivity index (χ0n) is 11.9. The largest absolute Gasteiger partial charge is 0.459 e. The summed E-state index contributed by atoms with van der Waals surface area (Å²) in [5.74, 6) is -0.451. The Morgan fingerprint density at radius 1 is 1.17 bits per heavy atom. The lowest BCUT2D eigenvalue weighted by atomic mass is 10.3. The van der Waals surface area contributed by atoms with E-state index in [0.717, 1.165) is 9.26 Å². The second-order valence-corrected chi connectivity index (χ2v) is 8.55. The van der Waals surface area contributed by atoms with Gasteiger partial charge < -0.3 is 20.4 Å². The van der Waals surface area contributed by atoms with Gasteiger partial charge in [-0.3, -0.25) is 4.79 Å². The van der Waals surface area contributed by atoms with E-state index in [0.29, 0.717) is 0 Å². The Bertz CT molecular complexity index is 705. The van der Waals surface area contributed by atoms with E-state index in [-0.39, 0.29) is 10.9 Å². The number of thiocarbonyl (C=S) groups is 1. The topological polar surface area (TPSA) is 66.3 Å². The molecule has 24 heavy (non-hydrogen) atoms. The quantitative estimate of drug-likeness (QED) is 0.244. The summed E-state index contributed by atoms with van der Waals surface area (Å²) >= 11 is 25.1. The summed E-state index contributed by atoms with van der Waals surface area (Å²) in [5, 5.41) is 8.41. The lowest BCUT2D eigenvalue weighted by molar-refractivity contribution is 0.0906. The highest BCUT2D eigenvalue weighted by Crippen LogP contribution is 2.29. The van der Waals surface area contributed by atoms with Gasteiger partial charge >= 0.3 is 0 Å². The van der Waals surface area contributed by atoms with Crippen LogP contribution in [0.25, 0.3) is 0 Å². The van der Waals surface area contributed by atoms with Gasteiger partial charge in [0.25, 0.3) is 5.91 Å². The third-order valence-corrected chi connectivity index (χ3v) is 4.32. The first-order valence-electron chi connectivity index (χ1n) is 6.50. The molecule has 0 saturated heterocycles. The molecular weight excluding hydrogens is 508 g/mol. The fourth-order valence-electron chi connectivity index (χ4n) is 1.64. The Morgan fingerprint density at radius 3 is 2.38 bits per heavy atom.